The van der Waals surface area contributed by atoms with Crippen molar-refractivity contribution >= 4 is 17.7 Å². The van der Waals surface area contributed by atoms with Crippen molar-refractivity contribution in [3.05, 3.63) is 22.8 Å². The lowest BCUT2D eigenvalue weighted by Gasteiger charge is -2.20. The Morgan fingerprint density at radius 1 is 1.38 bits per heavy atom. The molecule has 1 unspecified atom stereocenters. The van der Waals surface area contributed by atoms with Crippen molar-refractivity contribution in [2.45, 2.75) is 39.0 Å². The molecule has 21 heavy (non-hydrogen) atoms. The summed E-state index contributed by atoms with van der Waals surface area (Å²) in [5.41, 5.74) is 1.70. The molecule has 1 spiro atoms. The zero-order valence-corrected chi connectivity index (χ0v) is 12.1. The average Bonchev–Trinajstić information content (AvgIpc) is 2.85. The number of carbonyl (C=O) groups excluding carboxylic acids is 3. The highest BCUT2D eigenvalue weighted by Crippen LogP contribution is 2.49. The fraction of sp³-hybridized carbons (Fsp3) is 0.562. The standard InChI is InChI=1S/C16H18O5/c1-2-20-12(17)6-11-7-16(8-13(18)21-9-16)15(19)14(11)10-4-3-5-10/h4H,2-3,5-9H2,1H3. The minimum Gasteiger partial charge on any atom is -0.466 e. The second-order valence-electron chi connectivity index (χ2n) is 5.85. The summed E-state index contributed by atoms with van der Waals surface area (Å²) in [7, 11) is 0. The van der Waals surface area contributed by atoms with Crippen LogP contribution in [0, 0.1) is 5.41 Å². The van der Waals surface area contributed by atoms with Gasteiger partial charge in [0, 0.05) is 5.57 Å². The molecule has 1 aliphatic heterocycles. The van der Waals surface area contributed by atoms with Crippen molar-refractivity contribution in [1.29, 1.82) is 0 Å². The molecule has 0 amide bonds. The van der Waals surface area contributed by atoms with E-state index in [1.165, 1.54) is 0 Å². The molecule has 1 saturated heterocycles. The molecule has 0 bridgehead atoms. The summed E-state index contributed by atoms with van der Waals surface area (Å²) in [6.45, 7) is 2.21. The van der Waals surface area contributed by atoms with Crippen LogP contribution in [-0.4, -0.2) is 30.9 Å². The minimum atomic E-state index is -0.773. The molecule has 5 heteroatoms. The van der Waals surface area contributed by atoms with Gasteiger partial charge >= 0.3 is 11.9 Å². The molecule has 3 rings (SSSR count). The third kappa shape index (κ3) is 2.30. The lowest BCUT2D eigenvalue weighted by molar-refractivity contribution is -0.142. The smallest absolute Gasteiger partial charge is 0.309 e. The predicted octanol–water partition coefficient (Wildman–Crippen LogP) is 1.86. The largest absolute Gasteiger partial charge is 0.466 e. The van der Waals surface area contributed by atoms with Crippen LogP contribution in [0.1, 0.15) is 39.0 Å². The van der Waals surface area contributed by atoms with E-state index in [2.05, 4.69) is 0 Å². The number of rotatable bonds is 4. The number of ether oxygens (including phenoxy) is 2. The summed E-state index contributed by atoms with van der Waals surface area (Å²) in [4.78, 5) is 36.0. The first-order valence-corrected chi connectivity index (χ1v) is 7.33. The van der Waals surface area contributed by atoms with Crippen molar-refractivity contribution in [2.24, 2.45) is 5.41 Å². The Morgan fingerprint density at radius 3 is 2.67 bits per heavy atom. The molecule has 0 N–H and O–H groups in total. The van der Waals surface area contributed by atoms with Gasteiger partial charge in [-0.25, -0.2) is 0 Å². The first-order chi connectivity index (χ1) is 10.1. The monoisotopic (exact) mass is 290 g/mol. The molecule has 5 nitrogen and oxygen atoms in total. The maximum Gasteiger partial charge on any atom is 0.309 e. The van der Waals surface area contributed by atoms with Crippen molar-refractivity contribution in [3.63, 3.8) is 0 Å². The lowest BCUT2D eigenvalue weighted by Crippen LogP contribution is -2.29. The summed E-state index contributed by atoms with van der Waals surface area (Å²) in [6, 6.07) is 0. The van der Waals surface area contributed by atoms with Gasteiger partial charge in [-0.15, -0.1) is 0 Å². The second-order valence-corrected chi connectivity index (χ2v) is 5.85. The van der Waals surface area contributed by atoms with E-state index >= 15 is 0 Å². The van der Waals surface area contributed by atoms with Crippen LogP contribution in [0.4, 0.5) is 0 Å². The van der Waals surface area contributed by atoms with Crippen LogP contribution in [0.15, 0.2) is 22.8 Å². The molecule has 112 valence electrons. The minimum absolute atomic E-state index is 0.0291. The molecule has 3 aliphatic rings. The van der Waals surface area contributed by atoms with E-state index in [0.717, 1.165) is 24.0 Å². The van der Waals surface area contributed by atoms with Gasteiger partial charge in [0.05, 0.1) is 24.9 Å². The van der Waals surface area contributed by atoms with Crippen LogP contribution < -0.4 is 0 Å². The molecule has 0 aromatic heterocycles. The van der Waals surface area contributed by atoms with E-state index < -0.39 is 5.41 Å². The molecule has 1 atom stereocenters. The van der Waals surface area contributed by atoms with E-state index in [1.54, 1.807) is 6.92 Å². The van der Waals surface area contributed by atoms with Gasteiger partial charge in [-0.3, -0.25) is 14.4 Å². The number of esters is 2. The second kappa shape index (κ2) is 5.13. The highest BCUT2D eigenvalue weighted by atomic mass is 16.5. The van der Waals surface area contributed by atoms with Crippen molar-refractivity contribution in [3.8, 4) is 0 Å². The van der Waals surface area contributed by atoms with Gasteiger partial charge < -0.3 is 9.47 Å². The SMILES string of the molecule is CCOC(=O)CC1=C(C2=CCC2)C(=O)C2(COC(=O)C2)C1. The van der Waals surface area contributed by atoms with E-state index in [4.69, 9.17) is 9.47 Å². The van der Waals surface area contributed by atoms with Gasteiger partial charge in [0.1, 0.15) is 6.61 Å². The number of allylic oxidation sites excluding steroid dienone is 3. The molecule has 1 fully saturated rings. The summed E-state index contributed by atoms with van der Waals surface area (Å²) >= 11 is 0. The highest BCUT2D eigenvalue weighted by molar-refractivity contribution is 6.10. The van der Waals surface area contributed by atoms with E-state index in [0.29, 0.717) is 18.6 Å². The Hall–Kier alpha value is -1.91. The molecule has 0 radical (unpaired) electrons. The summed E-state index contributed by atoms with van der Waals surface area (Å²) in [6.07, 6.45) is 4.52. The third-order valence-electron chi connectivity index (χ3n) is 4.39. The Balaban J connectivity index is 1.89. The summed E-state index contributed by atoms with van der Waals surface area (Å²) in [5.74, 6) is -0.679. The number of Topliss-reactive ketones (excluding diaryl/α,β-unsaturated/α-hetero) is 1. The van der Waals surface area contributed by atoms with Gasteiger partial charge in [0.2, 0.25) is 0 Å². The normalized spacial score (nSPS) is 27.8. The maximum absolute atomic E-state index is 12.8. The predicted molar refractivity (Wildman–Crippen MR) is 73.2 cm³/mol. The van der Waals surface area contributed by atoms with Gasteiger partial charge in [0.15, 0.2) is 5.78 Å². The number of carbonyl (C=O) groups is 3. The molecule has 0 aromatic rings. The summed E-state index contributed by atoms with van der Waals surface area (Å²) < 4.78 is 10.0. The molecule has 2 aliphatic carbocycles. The van der Waals surface area contributed by atoms with Crippen LogP contribution >= 0.6 is 0 Å². The molecule has 0 saturated carbocycles. The first-order valence-electron chi connectivity index (χ1n) is 7.33. The fourth-order valence-corrected chi connectivity index (χ4v) is 3.28. The Kier molecular flexibility index (Phi) is 3.43. The van der Waals surface area contributed by atoms with E-state index in [-0.39, 0.29) is 37.2 Å². The van der Waals surface area contributed by atoms with E-state index in [1.807, 2.05) is 6.08 Å². The Labute approximate surface area is 123 Å². The number of ketones is 1. The number of hydrogen-bond acceptors (Lipinski definition) is 5. The highest BCUT2D eigenvalue weighted by Gasteiger charge is 2.53. The summed E-state index contributed by atoms with van der Waals surface area (Å²) in [5, 5.41) is 0. The third-order valence-corrected chi connectivity index (χ3v) is 4.39. The zero-order valence-electron chi connectivity index (χ0n) is 12.1. The molecular weight excluding hydrogens is 272 g/mol. The maximum atomic E-state index is 12.8. The molecule has 0 aromatic carbocycles. The zero-order chi connectivity index (χ0) is 15.0. The van der Waals surface area contributed by atoms with Crippen LogP contribution in [0.5, 0.6) is 0 Å². The van der Waals surface area contributed by atoms with Crippen LogP contribution in [0.2, 0.25) is 0 Å². The first kappa shape index (κ1) is 14.0. The van der Waals surface area contributed by atoms with Gasteiger partial charge in [0.25, 0.3) is 0 Å². The van der Waals surface area contributed by atoms with Crippen molar-refractivity contribution < 1.29 is 23.9 Å². The van der Waals surface area contributed by atoms with Gasteiger partial charge in [-0.2, -0.15) is 0 Å². The van der Waals surface area contributed by atoms with Crippen LogP contribution in [0.25, 0.3) is 0 Å². The quantitative estimate of drug-likeness (QED) is 0.739. The van der Waals surface area contributed by atoms with Crippen molar-refractivity contribution in [2.75, 3.05) is 13.2 Å². The van der Waals surface area contributed by atoms with Crippen LogP contribution in [0.3, 0.4) is 0 Å². The number of cyclic esters (lactones) is 1. The average molecular weight is 290 g/mol. The van der Waals surface area contributed by atoms with Crippen LogP contribution in [-0.2, 0) is 23.9 Å². The van der Waals surface area contributed by atoms with Gasteiger partial charge in [-0.05, 0) is 37.3 Å². The van der Waals surface area contributed by atoms with Crippen molar-refractivity contribution in [1.82, 2.24) is 0 Å². The topological polar surface area (TPSA) is 69.7 Å². The van der Waals surface area contributed by atoms with E-state index in [9.17, 15) is 14.4 Å². The fourth-order valence-electron chi connectivity index (χ4n) is 3.28. The molecule has 1 heterocycles. The Bertz CT molecular complexity index is 583. The van der Waals surface area contributed by atoms with Gasteiger partial charge in [-0.1, -0.05) is 6.08 Å². The Morgan fingerprint density at radius 2 is 2.14 bits per heavy atom. The number of hydrogen-bond donors (Lipinski definition) is 0. The molecular formula is C16H18O5. The lowest BCUT2D eigenvalue weighted by atomic mass is 9.80.